The number of aliphatic hydroxyl groups is 1. The van der Waals surface area contributed by atoms with Crippen molar-refractivity contribution in [1.82, 2.24) is 0 Å². The monoisotopic (exact) mass is 258 g/mol. The van der Waals surface area contributed by atoms with E-state index in [4.69, 9.17) is 4.74 Å². The van der Waals surface area contributed by atoms with Crippen molar-refractivity contribution in [1.29, 1.82) is 0 Å². The fourth-order valence-corrected chi connectivity index (χ4v) is 2.50. The van der Waals surface area contributed by atoms with E-state index in [2.05, 4.69) is 32.0 Å². The molecular formula is C17H22O2. The Morgan fingerprint density at radius 1 is 1.16 bits per heavy atom. The Kier molecular flexibility index (Phi) is 4.43. The van der Waals surface area contributed by atoms with Crippen LogP contribution < -0.4 is 4.74 Å². The van der Waals surface area contributed by atoms with E-state index in [1.807, 2.05) is 18.2 Å². The zero-order chi connectivity index (χ0) is 13.8. The molecule has 0 saturated heterocycles. The molecule has 0 aliphatic heterocycles. The van der Waals surface area contributed by atoms with Crippen LogP contribution in [0.5, 0.6) is 5.75 Å². The van der Waals surface area contributed by atoms with Gasteiger partial charge in [-0.05, 0) is 47.2 Å². The smallest absolute Gasteiger partial charge is 0.119 e. The zero-order valence-corrected chi connectivity index (χ0v) is 11.9. The van der Waals surface area contributed by atoms with Gasteiger partial charge in [0.05, 0.1) is 13.2 Å². The molecule has 0 bridgehead atoms. The molecule has 0 aliphatic rings. The summed E-state index contributed by atoms with van der Waals surface area (Å²) in [6, 6.07) is 12.3. The molecule has 2 aromatic carbocycles. The van der Waals surface area contributed by atoms with E-state index in [0.717, 1.165) is 12.2 Å². The highest BCUT2D eigenvalue weighted by Crippen LogP contribution is 2.25. The molecule has 2 rings (SSSR count). The van der Waals surface area contributed by atoms with Crippen LogP contribution in [0, 0.1) is 5.92 Å². The summed E-state index contributed by atoms with van der Waals surface area (Å²) in [4.78, 5) is 0. The Labute approximate surface area is 115 Å². The minimum Gasteiger partial charge on any atom is -0.497 e. The van der Waals surface area contributed by atoms with Gasteiger partial charge in [0.25, 0.3) is 0 Å². The van der Waals surface area contributed by atoms with E-state index < -0.39 is 0 Å². The van der Waals surface area contributed by atoms with Crippen LogP contribution in [0.1, 0.15) is 25.8 Å². The van der Waals surface area contributed by atoms with Crippen LogP contribution in [0.2, 0.25) is 0 Å². The van der Waals surface area contributed by atoms with Gasteiger partial charge in [-0.3, -0.25) is 0 Å². The Morgan fingerprint density at radius 3 is 2.63 bits per heavy atom. The van der Waals surface area contributed by atoms with E-state index in [0.29, 0.717) is 12.3 Å². The molecule has 0 saturated carbocycles. The van der Waals surface area contributed by atoms with Crippen molar-refractivity contribution in [3.8, 4) is 5.75 Å². The van der Waals surface area contributed by atoms with Crippen molar-refractivity contribution in [2.45, 2.75) is 32.8 Å². The third-order valence-electron chi connectivity index (χ3n) is 3.38. The number of fused-ring (bicyclic) bond motifs is 1. The average Bonchev–Trinajstić information content (AvgIpc) is 2.37. The predicted molar refractivity (Wildman–Crippen MR) is 79.7 cm³/mol. The first kappa shape index (κ1) is 13.9. The lowest BCUT2D eigenvalue weighted by Crippen LogP contribution is -2.13. The molecule has 0 heterocycles. The van der Waals surface area contributed by atoms with E-state index in [9.17, 15) is 5.11 Å². The SMILES string of the molecule is COc1ccc2cccc(CC(O)CC(C)C)c2c1. The molecule has 2 aromatic rings. The van der Waals surface area contributed by atoms with Crippen LogP contribution in [-0.4, -0.2) is 18.3 Å². The van der Waals surface area contributed by atoms with E-state index in [1.165, 1.54) is 16.3 Å². The van der Waals surface area contributed by atoms with Crippen LogP contribution >= 0.6 is 0 Å². The van der Waals surface area contributed by atoms with Crippen molar-refractivity contribution in [3.05, 3.63) is 42.0 Å². The third kappa shape index (κ3) is 3.48. The molecule has 1 N–H and O–H groups in total. The summed E-state index contributed by atoms with van der Waals surface area (Å²) in [5.74, 6) is 1.37. The third-order valence-corrected chi connectivity index (χ3v) is 3.38. The molecule has 1 unspecified atom stereocenters. The number of hydrogen-bond donors (Lipinski definition) is 1. The average molecular weight is 258 g/mol. The van der Waals surface area contributed by atoms with Crippen LogP contribution in [0.25, 0.3) is 10.8 Å². The molecule has 0 amide bonds. The Balaban J connectivity index is 2.31. The van der Waals surface area contributed by atoms with Crippen molar-refractivity contribution >= 4 is 10.8 Å². The summed E-state index contributed by atoms with van der Waals surface area (Å²) in [7, 11) is 1.68. The van der Waals surface area contributed by atoms with Gasteiger partial charge in [-0.15, -0.1) is 0 Å². The van der Waals surface area contributed by atoms with Gasteiger partial charge in [0.2, 0.25) is 0 Å². The summed E-state index contributed by atoms with van der Waals surface area (Å²) < 4.78 is 5.28. The number of rotatable bonds is 5. The Morgan fingerprint density at radius 2 is 1.95 bits per heavy atom. The normalized spacial score (nSPS) is 12.9. The Hall–Kier alpha value is -1.54. The summed E-state index contributed by atoms with van der Waals surface area (Å²) >= 11 is 0. The fourth-order valence-electron chi connectivity index (χ4n) is 2.50. The molecule has 1 atom stereocenters. The highest BCUT2D eigenvalue weighted by Gasteiger charge is 2.10. The minimum absolute atomic E-state index is 0.281. The van der Waals surface area contributed by atoms with E-state index >= 15 is 0 Å². The zero-order valence-electron chi connectivity index (χ0n) is 11.9. The van der Waals surface area contributed by atoms with Crippen molar-refractivity contribution < 1.29 is 9.84 Å². The van der Waals surface area contributed by atoms with Gasteiger partial charge >= 0.3 is 0 Å². The second kappa shape index (κ2) is 6.07. The largest absolute Gasteiger partial charge is 0.497 e. The van der Waals surface area contributed by atoms with Gasteiger partial charge in [-0.2, -0.15) is 0 Å². The first-order valence-corrected chi connectivity index (χ1v) is 6.84. The number of ether oxygens (including phenoxy) is 1. The number of methoxy groups -OCH3 is 1. The van der Waals surface area contributed by atoms with Gasteiger partial charge in [0.1, 0.15) is 5.75 Å². The molecular weight excluding hydrogens is 236 g/mol. The second-order valence-corrected chi connectivity index (χ2v) is 5.49. The van der Waals surface area contributed by atoms with Crippen LogP contribution in [0.4, 0.5) is 0 Å². The van der Waals surface area contributed by atoms with Gasteiger partial charge in [-0.1, -0.05) is 38.1 Å². The molecule has 2 nitrogen and oxygen atoms in total. The second-order valence-electron chi connectivity index (χ2n) is 5.49. The van der Waals surface area contributed by atoms with Crippen molar-refractivity contribution in [2.24, 2.45) is 5.92 Å². The predicted octanol–water partition coefficient (Wildman–Crippen LogP) is 3.80. The maximum absolute atomic E-state index is 10.1. The molecule has 2 heteroatoms. The summed E-state index contributed by atoms with van der Waals surface area (Å²) in [6.07, 6.45) is 1.25. The van der Waals surface area contributed by atoms with Crippen LogP contribution in [0.3, 0.4) is 0 Å². The highest BCUT2D eigenvalue weighted by molar-refractivity contribution is 5.87. The molecule has 0 fully saturated rings. The highest BCUT2D eigenvalue weighted by atomic mass is 16.5. The number of benzene rings is 2. The number of hydrogen-bond acceptors (Lipinski definition) is 2. The van der Waals surface area contributed by atoms with Crippen molar-refractivity contribution in [3.63, 3.8) is 0 Å². The topological polar surface area (TPSA) is 29.5 Å². The lowest BCUT2D eigenvalue weighted by atomic mass is 9.96. The minimum atomic E-state index is -0.281. The van der Waals surface area contributed by atoms with Gasteiger partial charge in [0, 0.05) is 0 Å². The lowest BCUT2D eigenvalue weighted by Gasteiger charge is -2.15. The summed E-state index contributed by atoms with van der Waals surface area (Å²) in [5.41, 5.74) is 1.18. The van der Waals surface area contributed by atoms with Gasteiger partial charge < -0.3 is 9.84 Å². The van der Waals surface area contributed by atoms with Crippen molar-refractivity contribution in [2.75, 3.05) is 7.11 Å². The lowest BCUT2D eigenvalue weighted by molar-refractivity contribution is 0.149. The molecule has 0 aliphatic carbocycles. The molecule has 0 aromatic heterocycles. The standard InChI is InChI=1S/C17H22O2/c1-12(2)9-15(18)10-14-6-4-5-13-7-8-16(19-3)11-17(13)14/h4-8,11-12,15,18H,9-10H2,1-3H3. The molecule has 0 radical (unpaired) electrons. The first-order chi connectivity index (χ1) is 9.10. The van der Waals surface area contributed by atoms with E-state index in [-0.39, 0.29) is 6.10 Å². The molecule has 19 heavy (non-hydrogen) atoms. The maximum Gasteiger partial charge on any atom is 0.119 e. The molecule has 0 spiro atoms. The van der Waals surface area contributed by atoms with Crippen LogP contribution in [-0.2, 0) is 6.42 Å². The summed E-state index contributed by atoms with van der Waals surface area (Å²) in [6.45, 7) is 4.27. The van der Waals surface area contributed by atoms with Crippen LogP contribution in [0.15, 0.2) is 36.4 Å². The number of aliphatic hydroxyl groups excluding tert-OH is 1. The summed E-state index contributed by atoms with van der Waals surface area (Å²) in [5, 5.41) is 12.5. The Bertz CT molecular complexity index is 546. The first-order valence-electron chi connectivity index (χ1n) is 6.84. The van der Waals surface area contributed by atoms with Gasteiger partial charge in [-0.25, -0.2) is 0 Å². The fraction of sp³-hybridized carbons (Fsp3) is 0.412. The maximum atomic E-state index is 10.1. The van der Waals surface area contributed by atoms with E-state index in [1.54, 1.807) is 7.11 Å². The van der Waals surface area contributed by atoms with Gasteiger partial charge in [0.15, 0.2) is 0 Å². The molecule has 102 valence electrons. The quantitative estimate of drug-likeness (QED) is 0.884.